The summed E-state index contributed by atoms with van der Waals surface area (Å²) in [5.74, 6) is -1.13. The minimum absolute atomic E-state index is 0.0784. The lowest BCUT2D eigenvalue weighted by molar-refractivity contribution is -0.147. The predicted octanol–water partition coefficient (Wildman–Crippen LogP) is 1.33. The van der Waals surface area contributed by atoms with Gasteiger partial charge in [0.05, 0.1) is 11.5 Å². The van der Waals surface area contributed by atoms with Crippen molar-refractivity contribution in [2.24, 2.45) is 5.73 Å². The van der Waals surface area contributed by atoms with Crippen molar-refractivity contribution in [3.8, 4) is 0 Å². The molecule has 0 spiro atoms. The number of thioether (sulfide) groups is 1. The van der Waals surface area contributed by atoms with Gasteiger partial charge >= 0.3 is 5.97 Å². The van der Waals surface area contributed by atoms with Crippen LogP contribution in [0.5, 0.6) is 0 Å². The highest BCUT2D eigenvalue weighted by Gasteiger charge is 2.52. The molecule has 2 aliphatic rings. The number of carbonyl (C=O) groups is 3. The molecule has 2 N–H and O–H groups in total. The third-order valence-corrected chi connectivity index (χ3v) is 4.88. The second-order valence-corrected chi connectivity index (χ2v) is 5.87. The van der Waals surface area contributed by atoms with Crippen LogP contribution in [-0.4, -0.2) is 35.4 Å². The van der Waals surface area contributed by atoms with Crippen LogP contribution in [0.1, 0.15) is 27.6 Å². The molecule has 5 nitrogen and oxygen atoms in total. The summed E-state index contributed by atoms with van der Waals surface area (Å²) < 4.78 is 4.97. The maximum Gasteiger partial charge on any atom is 0.331 e. The Morgan fingerprint density at radius 2 is 1.90 bits per heavy atom. The van der Waals surface area contributed by atoms with E-state index in [2.05, 4.69) is 0 Å². The normalized spacial score (nSPS) is 23.9. The topological polar surface area (TPSA) is 86.5 Å². The zero-order chi connectivity index (χ0) is 15.2. The van der Waals surface area contributed by atoms with Crippen LogP contribution >= 0.6 is 11.8 Å². The maximum atomic E-state index is 12.7. The van der Waals surface area contributed by atoms with Crippen LogP contribution < -0.4 is 5.73 Å². The van der Waals surface area contributed by atoms with E-state index in [1.54, 1.807) is 31.2 Å². The van der Waals surface area contributed by atoms with E-state index >= 15 is 0 Å². The van der Waals surface area contributed by atoms with Gasteiger partial charge in [0.15, 0.2) is 11.3 Å². The average Bonchev–Trinajstić information content (AvgIpc) is 2.85. The molecule has 1 atom stereocenters. The third-order valence-electron chi connectivity index (χ3n) is 3.61. The number of hydrogen-bond acceptors (Lipinski definition) is 6. The Balaban J connectivity index is 2.14. The van der Waals surface area contributed by atoms with E-state index < -0.39 is 11.5 Å². The first-order valence-electron chi connectivity index (χ1n) is 6.52. The number of hydrogen-bond donors (Lipinski definition) is 1. The highest BCUT2D eigenvalue weighted by molar-refractivity contribution is 8.04. The van der Waals surface area contributed by atoms with Crippen molar-refractivity contribution in [3.05, 3.63) is 45.9 Å². The molecule has 0 saturated carbocycles. The molecule has 1 aromatic rings. The first kappa shape index (κ1) is 14.0. The Morgan fingerprint density at radius 3 is 2.52 bits per heavy atom. The van der Waals surface area contributed by atoms with Crippen molar-refractivity contribution in [3.63, 3.8) is 0 Å². The molecule has 1 heterocycles. The van der Waals surface area contributed by atoms with Crippen LogP contribution in [0.2, 0.25) is 0 Å². The number of nitrogens with two attached hydrogens (primary N) is 1. The zero-order valence-electron chi connectivity index (χ0n) is 11.3. The fourth-order valence-corrected chi connectivity index (χ4v) is 3.87. The average molecular weight is 303 g/mol. The molecule has 21 heavy (non-hydrogen) atoms. The number of esters is 1. The largest absolute Gasteiger partial charge is 0.464 e. The van der Waals surface area contributed by atoms with Gasteiger partial charge in [-0.1, -0.05) is 24.3 Å². The molecule has 0 unspecified atom stereocenters. The predicted molar refractivity (Wildman–Crippen MR) is 78.1 cm³/mol. The molecule has 1 aliphatic heterocycles. The second kappa shape index (κ2) is 4.82. The van der Waals surface area contributed by atoms with Crippen molar-refractivity contribution in [2.75, 3.05) is 12.4 Å². The van der Waals surface area contributed by atoms with E-state index in [1.165, 1.54) is 0 Å². The van der Waals surface area contributed by atoms with Crippen LogP contribution in [0.25, 0.3) is 0 Å². The summed E-state index contributed by atoms with van der Waals surface area (Å²) in [7, 11) is 0. The molecule has 0 fully saturated rings. The Labute approximate surface area is 125 Å². The van der Waals surface area contributed by atoms with Gasteiger partial charge < -0.3 is 10.5 Å². The summed E-state index contributed by atoms with van der Waals surface area (Å²) in [4.78, 5) is 37.5. The molecule has 1 aromatic carbocycles. The molecule has 3 rings (SSSR count). The van der Waals surface area contributed by atoms with E-state index in [1.807, 2.05) is 0 Å². The fraction of sp³-hybridized carbons (Fsp3) is 0.267. The highest BCUT2D eigenvalue weighted by atomic mass is 32.2. The second-order valence-electron chi connectivity index (χ2n) is 4.89. The number of fused-ring (bicyclic) bond motifs is 1. The van der Waals surface area contributed by atoms with Gasteiger partial charge in [0.2, 0.25) is 5.78 Å². The number of carbonyl (C=O) groups excluding carboxylic acids is 3. The standard InChI is InChI=1S/C15H13NO4S/c1-2-20-14(19)15(16)7-21-13-10(15)11(17)8-5-3-4-6-9(8)12(13)18/h3-6H,2,7,16H2,1H3/t15-/m0/s1. The summed E-state index contributed by atoms with van der Waals surface area (Å²) in [5.41, 5.74) is 5.32. The van der Waals surface area contributed by atoms with E-state index in [0.717, 1.165) is 11.8 Å². The lowest BCUT2D eigenvalue weighted by Crippen LogP contribution is -2.53. The van der Waals surface area contributed by atoms with Gasteiger partial charge in [-0.25, -0.2) is 4.79 Å². The zero-order valence-corrected chi connectivity index (χ0v) is 12.2. The molecule has 108 valence electrons. The molecular weight excluding hydrogens is 290 g/mol. The van der Waals surface area contributed by atoms with E-state index in [-0.39, 0.29) is 34.4 Å². The number of rotatable bonds is 2. The quantitative estimate of drug-likeness (QED) is 0.829. The molecule has 0 aromatic heterocycles. The smallest absolute Gasteiger partial charge is 0.331 e. The van der Waals surface area contributed by atoms with Crippen LogP contribution in [-0.2, 0) is 9.53 Å². The fourth-order valence-electron chi connectivity index (χ4n) is 2.57. The van der Waals surface area contributed by atoms with Crippen molar-refractivity contribution in [2.45, 2.75) is 12.5 Å². The first-order chi connectivity index (χ1) is 10.0. The Kier molecular flexibility index (Phi) is 3.22. The van der Waals surface area contributed by atoms with Gasteiger partial charge in [-0.3, -0.25) is 9.59 Å². The molecule has 1 aliphatic carbocycles. The molecule has 0 bridgehead atoms. The molecular formula is C15H13NO4S. The number of ether oxygens (including phenoxy) is 1. The van der Waals surface area contributed by atoms with Crippen molar-refractivity contribution >= 4 is 29.3 Å². The highest BCUT2D eigenvalue weighted by Crippen LogP contribution is 2.44. The summed E-state index contributed by atoms with van der Waals surface area (Å²) in [5, 5.41) is 0. The van der Waals surface area contributed by atoms with Crippen molar-refractivity contribution in [1.29, 1.82) is 0 Å². The van der Waals surface area contributed by atoms with Crippen molar-refractivity contribution < 1.29 is 19.1 Å². The lowest BCUT2D eigenvalue weighted by atomic mass is 9.80. The SMILES string of the molecule is CCOC(=O)[C@]1(N)CSC2=C1C(=O)c1ccccc1C2=O. The van der Waals surface area contributed by atoms with Crippen LogP contribution in [0.3, 0.4) is 0 Å². The number of allylic oxidation sites excluding steroid dienone is 1. The van der Waals surface area contributed by atoms with Gasteiger partial charge in [-0.05, 0) is 6.92 Å². The first-order valence-corrected chi connectivity index (χ1v) is 7.51. The van der Waals surface area contributed by atoms with E-state index in [0.29, 0.717) is 11.1 Å². The Hall–Kier alpha value is -1.92. The number of ketones is 2. The summed E-state index contributed by atoms with van der Waals surface area (Å²) >= 11 is 1.15. The Bertz CT molecular complexity index is 709. The van der Waals surface area contributed by atoms with Gasteiger partial charge in [0, 0.05) is 22.5 Å². The third kappa shape index (κ3) is 1.86. The molecule has 0 saturated heterocycles. The van der Waals surface area contributed by atoms with Crippen LogP contribution in [0.15, 0.2) is 34.7 Å². The minimum atomic E-state index is -1.55. The molecule has 0 radical (unpaired) electrons. The van der Waals surface area contributed by atoms with Gasteiger partial charge in [0.25, 0.3) is 0 Å². The Morgan fingerprint density at radius 1 is 1.29 bits per heavy atom. The monoisotopic (exact) mass is 303 g/mol. The van der Waals surface area contributed by atoms with E-state index in [4.69, 9.17) is 10.5 Å². The molecule has 0 amide bonds. The van der Waals surface area contributed by atoms with Gasteiger partial charge in [-0.2, -0.15) is 0 Å². The van der Waals surface area contributed by atoms with Crippen LogP contribution in [0, 0.1) is 0 Å². The van der Waals surface area contributed by atoms with E-state index in [9.17, 15) is 14.4 Å². The summed E-state index contributed by atoms with van der Waals surface area (Å²) in [6.07, 6.45) is 0. The minimum Gasteiger partial charge on any atom is -0.464 e. The summed E-state index contributed by atoms with van der Waals surface area (Å²) in [6, 6.07) is 6.57. The van der Waals surface area contributed by atoms with Gasteiger partial charge in [0.1, 0.15) is 0 Å². The number of Topliss-reactive ketones (excluding diaryl/α,β-unsaturated/α-hetero) is 2. The van der Waals surface area contributed by atoms with Gasteiger partial charge in [-0.15, -0.1) is 11.8 Å². The van der Waals surface area contributed by atoms with Crippen LogP contribution in [0.4, 0.5) is 0 Å². The summed E-state index contributed by atoms with van der Waals surface area (Å²) in [6.45, 7) is 1.84. The van der Waals surface area contributed by atoms with Crippen molar-refractivity contribution in [1.82, 2.24) is 0 Å². The number of benzene rings is 1. The molecule has 6 heteroatoms. The maximum absolute atomic E-state index is 12.7. The lowest BCUT2D eigenvalue weighted by Gasteiger charge is -2.26.